The van der Waals surface area contributed by atoms with Crippen LogP contribution in [0.4, 0.5) is 36.6 Å². The van der Waals surface area contributed by atoms with Gasteiger partial charge in [0.25, 0.3) is 5.91 Å². The Kier molecular flexibility index (Phi) is 8.51. The highest BCUT2D eigenvalue weighted by atomic mass is 19.4. The SMILES string of the molecule is Cc1cc(F)ccc1C1CN(C(=O)c2ccc(N)nc2)CCC1C(=O)N(C)Cc1cc(C(F)(F)F)cc(C(F)(F)F)c1. The van der Waals surface area contributed by atoms with Crippen LogP contribution in [0.2, 0.25) is 0 Å². The van der Waals surface area contributed by atoms with Crippen LogP contribution in [0.1, 0.15) is 50.5 Å². The summed E-state index contributed by atoms with van der Waals surface area (Å²) in [6.45, 7) is 1.33. The van der Waals surface area contributed by atoms with Gasteiger partial charge in [0.15, 0.2) is 0 Å². The van der Waals surface area contributed by atoms with Crippen LogP contribution in [-0.4, -0.2) is 46.7 Å². The third kappa shape index (κ3) is 6.82. The van der Waals surface area contributed by atoms with Gasteiger partial charge in [-0.2, -0.15) is 26.3 Å². The van der Waals surface area contributed by atoms with E-state index in [0.717, 1.165) is 4.90 Å². The van der Waals surface area contributed by atoms with E-state index in [2.05, 4.69) is 4.98 Å². The van der Waals surface area contributed by atoms with Gasteiger partial charge in [0.1, 0.15) is 11.6 Å². The molecule has 1 saturated heterocycles. The van der Waals surface area contributed by atoms with Crippen molar-refractivity contribution < 1.29 is 40.3 Å². The van der Waals surface area contributed by atoms with Gasteiger partial charge in [0.2, 0.25) is 5.91 Å². The number of anilines is 1. The second-order valence-corrected chi connectivity index (χ2v) is 10.3. The number of carbonyl (C=O) groups excluding carboxylic acids is 2. The number of amides is 2. The molecule has 224 valence electrons. The van der Waals surface area contributed by atoms with E-state index in [1.54, 1.807) is 6.92 Å². The topological polar surface area (TPSA) is 79.5 Å². The van der Waals surface area contributed by atoms with Crippen LogP contribution in [0.25, 0.3) is 0 Å². The molecule has 4 rings (SSSR count). The van der Waals surface area contributed by atoms with Gasteiger partial charge in [-0.25, -0.2) is 9.37 Å². The first kappa shape index (κ1) is 30.8. The molecule has 1 aliphatic heterocycles. The average molecular weight is 597 g/mol. The molecular weight excluding hydrogens is 569 g/mol. The fourth-order valence-electron chi connectivity index (χ4n) is 5.26. The van der Waals surface area contributed by atoms with Crippen molar-refractivity contribution in [3.8, 4) is 0 Å². The maximum atomic E-state index is 13.9. The molecule has 42 heavy (non-hydrogen) atoms. The molecule has 2 amide bonds. The lowest BCUT2D eigenvalue weighted by Crippen LogP contribution is -2.47. The number of alkyl halides is 6. The number of hydrogen-bond acceptors (Lipinski definition) is 4. The number of likely N-dealkylation sites (tertiary alicyclic amines) is 1. The van der Waals surface area contributed by atoms with Gasteiger partial charge in [0, 0.05) is 44.7 Å². The molecule has 0 saturated carbocycles. The van der Waals surface area contributed by atoms with Crippen LogP contribution in [0.15, 0.2) is 54.7 Å². The number of nitrogen functional groups attached to an aromatic ring is 1. The number of nitrogens with zero attached hydrogens (tertiary/aromatic N) is 3. The van der Waals surface area contributed by atoms with Crippen molar-refractivity contribution in [2.24, 2.45) is 5.92 Å². The molecule has 1 fully saturated rings. The van der Waals surface area contributed by atoms with Gasteiger partial charge in [-0.1, -0.05) is 6.07 Å². The summed E-state index contributed by atoms with van der Waals surface area (Å²) in [5.74, 6) is -2.60. The van der Waals surface area contributed by atoms with Crippen molar-refractivity contribution in [3.05, 3.63) is 93.9 Å². The number of aryl methyl sites for hydroxylation is 1. The highest BCUT2D eigenvalue weighted by Gasteiger charge is 2.40. The Hall–Kier alpha value is -4.16. The van der Waals surface area contributed by atoms with Crippen LogP contribution in [-0.2, 0) is 23.7 Å². The van der Waals surface area contributed by atoms with Crippen LogP contribution < -0.4 is 5.73 Å². The number of halogens is 7. The molecule has 1 aromatic heterocycles. The van der Waals surface area contributed by atoms with Crippen molar-refractivity contribution in [2.75, 3.05) is 25.9 Å². The molecule has 2 aromatic carbocycles. The van der Waals surface area contributed by atoms with E-state index >= 15 is 0 Å². The number of nitrogens with two attached hydrogens (primary N) is 1. The first-order valence-electron chi connectivity index (χ1n) is 12.8. The summed E-state index contributed by atoms with van der Waals surface area (Å²) in [6, 6.07) is 8.20. The molecule has 13 heteroatoms. The predicted molar refractivity (Wildman–Crippen MR) is 139 cm³/mol. The van der Waals surface area contributed by atoms with Gasteiger partial charge >= 0.3 is 12.4 Å². The lowest BCUT2D eigenvalue weighted by atomic mass is 9.78. The summed E-state index contributed by atoms with van der Waals surface area (Å²) in [4.78, 5) is 33.4. The van der Waals surface area contributed by atoms with Gasteiger partial charge in [-0.05, 0) is 72.5 Å². The summed E-state index contributed by atoms with van der Waals surface area (Å²) in [5.41, 5.74) is 3.70. The van der Waals surface area contributed by atoms with Crippen LogP contribution in [0, 0.1) is 18.7 Å². The van der Waals surface area contributed by atoms with Gasteiger partial charge in [-0.3, -0.25) is 9.59 Å². The fourth-order valence-corrected chi connectivity index (χ4v) is 5.26. The molecule has 1 aliphatic rings. The molecule has 2 heterocycles. The second kappa shape index (κ2) is 11.6. The largest absolute Gasteiger partial charge is 0.416 e. The standard InChI is InChI=1S/C29H27F7N4O2/c1-16-9-21(30)4-5-22(16)24-15-40(26(41)18-3-6-25(37)38-13-18)8-7-23(24)27(42)39(2)14-17-10-19(28(31,32)33)12-20(11-17)29(34,35)36/h3-6,9-13,23-24H,7-8,14-15H2,1-2H3,(H2,37,38). The third-order valence-corrected chi connectivity index (χ3v) is 7.33. The Bertz CT molecular complexity index is 1440. The minimum Gasteiger partial charge on any atom is -0.384 e. The molecule has 0 bridgehead atoms. The van der Waals surface area contributed by atoms with Crippen LogP contribution in [0.3, 0.4) is 0 Å². The third-order valence-electron chi connectivity index (χ3n) is 7.33. The quantitative estimate of drug-likeness (QED) is 0.364. The average Bonchev–Trinajstić information content (AvgIpc) is 2.91. The monoisotopic (exact) mass is 596 g/mol. The van der Waals surface area contributed by atoms with Crippen LogP contribution in [0.5, 0.6) is 0 Å². The lowest BCUT2D eigenvalue weighted by molar-refractivity contribution is -0.143. The molecule has 2 N–H and O–H groups in total. The first-order chi connectivity index (χ1) is 19.5. The molecule has 2 atom stereocenters. The molecule has 0 spiro atoms. The van der Waals surface area contributed by atoms with Gasteiger partial charge in [-0.15, -0.1) is 0 Å². The van der Waals surface area contributed by atoms with Gasteiger partial charge in [0.05, 0.1) is 16.7 Å². The summed E-state index contributed by atoms with van der Waals surface area (Å²) in [5, 5.41) is 0. The van der Waals surface area contributed by atoms with Crippen molar-refractivity contribution in [1.82, 2.24) is 14.8 Å². The van der Waals surface area contributed by atoms with Crippen molar-refractivity contribution >= 4 is 17.6 Å². The molecule has 2 unspecified atom stereocenters. The Morgan fingerprint density at radius 1 is 1.00 bits per heavy atom. The van der Waals surface area contributed by atoms with Crippen LogP contribution >= 0.6 is 0 Å². The van der Waals surface area contributed by atoms with E-state index in [1.807, 2.05) is 0 Å². The summed E-state index contributed by atoms with van der Waals surface area (Å²) in [7, 11) is 1.29. The second-order valence-electron chi connectivity index (χ2n) is 10.3. The molecule has 0 aliphatic carbocycles. The number of rotatable bonds is 5. The Morgan fingerprint density at radius 3 is 2.19 bits per heavy atom. The molecule has 3 aromatic rings. The number of hydrogen-bond donors (Lipinski definition) is 1. The lowest BCUT2D eigenvalue weighted by Gasteiger charge is -2.40. The zero-order valence-electron chi connectivity index (χ0n) is 22.6. The highest BCUT2D eigenvalue weighted by molar-refractivity contribution is 5.94. The number of benzene rings is 2. The predicted octanol–water partition coefficient (Wildman–Crippen LogP) is 6.05. The van der Waals surface area contributed by atoms with E-state index in [0.29, 0.717) is 23.3 Å². The maximum Gasteiger partial charge on any atom is 0.416 e. The minimum atomic E-state index is -5.02. The number of carbonyl (C=O) groups is 2. The first-order valence-corrected chi connectivity index (χ1v) is 12.8. The number of pyridine rings is 1. The van der Waals surface area contributed by atoms with E-state index in [1.165, 1.54) is 48.5 Å². The van der Waals surface area contributed by atoms with E-state index in [9.17, 15) is 40.3 Å². The Balaban J connectivity index is 1.63. The zero-order chi connectivity index (χ0) is 31.0. The van der Waals surface area contributed by atoms with Crippen molar-refractivity contribution in [2.45, 2.75) is 38.2 Å². The smallest absolute Gasteiger partial charge is 0.384 e. The Labute approximate surface area is 236 Å². The maximum absolute atomic E-state index is 13.9. The number of aromatic nitrogens is 1. The van der Waals surface area contributed by atoms with E-state index < -0.39 is 53.6 Å². The van der Waals surface area contributed by atoms with Crippen molar-refractivity contribution in [1.29, 1.82) is 0 Å². The summed E-state index contributed by atoms with van der Waals surface area (Å²) < 4.78 is 94.0. The Morgan fingerprint density at radius 2 is 1.64 bits per heavy atom. The normalized spacial score (nSPS) is 17.7. The highest BCUT2D eigenvalue weighted by Crippen LogP contribution is 2.38. The van der Waals surface area contributed by atoms with Crippen molar-refractivity contribution in [3.63, 3.8) is 0 Å². The minimum absolute atomic E-state index is 0.0298. The summed E-state index contributed by atoms with van der Waals surface area (Å²) >= 11 is 0. The molecular formula is C29H27F7N4O2. The molecule has 6 nitrogen and oxygen atoms in total. The van der Waals surface area contributed by atoms with E-state index in [4.69, 9.17) is 5.73 Å². The molecule has 0 radical (unpaired) electrons. The number of piperidine rings is 1. The van der Waals surface area contributed by atoms with E-state index in [-0.39, 0.29) is 48.4 Å². The fraction of sp³-hybridized carbons (Fsp3) is 0.345. The van der Waals surface area contributed by atoms with Gasteiger partial charge < -0.3 is 15.5 Å². The zero-order valence-corrected chi connectivity index (χ0v) is 22.6. The summed E-state index contributed by atoms with van der Waals surface area (Å²) in [6.07, 6.45) is -8.58.